The van der Waals surface area contributed by atoms with Crippen LogP contribution in [0, 0.1) is 0 Å². The minimum atomic E-state index is -4.76. The van der Waals surface area contributed by atoms with Crippen molar-refractivity contribution in [1.29, 1.82) is 0 Å². The molecule has 1 heterocycles. The molecule has 158 valence electrons. The largest absolute Gasteiger partial charge is 0.573 e. The number of hydrogen-bond acceptors (Lipinski definition) is 3. The number of amides is 1. The van der Waals surface area contributed by atoms with Crippen LogP contribution in [-0.2, 0) is 6.42 Å². The molecule has 0 bridgehead atoms. The highest BCUT2D eigenvalue weighted by Gasteiger charge is 2.31. The average molecular weight is 417 g/mol. The lowest BCUT2D eigenvalue weighted by molar-refractivity contribution is -0.274. The summed E-state index contributed by atoms with van der Waals surface area (Å²) in [7, 11) is 3.83. The van der Waals surface area contributed by atoms with Gasteiger partial charge in [0.25, 0.3) is 5.91 Å². The molecule has 0 saturated heterocycles. The van der Waals surface area contributed by atoms with Gasteiger partial charge in [0.05, 0.1) is 11.3 Å². The Kier molecular flexibility index (Phi) is 6.17. The van der Waals surface area contributed by atoms with Crippen molar-refractivity contribution >= 4 is 5.91 Å². The number of primary amides is 1. The predicted molar refractivity (Wildman–Crippen MR) is 109 cm³/mol. The number of carbonyl (C=O) groups is 1. The van der Waals surface area contributed by atoms with E-state index in [0.29, 0.717) is 35.5 Å². The summed E-state index contributed by atoms with van der Waals surface area (Å²) in [6, 6.07) is 14.8. The number of halogens is 3. The van der Waals surface area contributed by atoms with Crippen molar-refractivity contribution in [3.63, 3.8) is 0 Å². The second kappa shape index (κ2) is 8.62. The molecule has 3 rings (SSSR count). The minimum Gasteiger partial charge on any atom is -0.406 e. The molecule has 30 heavy (non-hydrogen) atoms. The van der Waals surface area contributed by atoms with Gasteiger partial charge in [-0.3, -0.25) is 4.79 Å². The summed E-state index contributed by atoms with van der Waals surface area (Å²) in [5, 5.41) is 0. The number of likely N-dealkylation sites (N-methyl/N-ethyl adjacent to an activating group) is 1. The molecule has 3 N–H and O–H groups in total. The lowest BCUT2D eigenvalue weighted by atomic mass is 9.98. The Hall–Kier alpha value is -3.26. The van der Waals surface area contributed by atoms with Gasteiger partial charge in [0.1, 0.15) is 5.75 Å². The Bertz CT molecular complexity index is 1010. The number of ether oxygens (including phenoxy) is 1. The van der Waals surface area contributed by atoms with E-state index in [1.54, 1.807) is 0 Å². The van der Waals surface area contributed by atoms with Gasteiger partial charge in [-0.25, -0.2) is 0 Å². The van der Waals surface area contributed by atoms with E-state index in [2.05, 4.69) is 9.72 Å². The number of nitrogens with zero attached hydrogens (tertiary/aromatic N) is 1. The Morgan fingerprint density at radius 3 is 2.13 bits per heavy atom. The lowest BCUT2D eigenvalue weighted by Gasteiger charge is -2.12. The van der Waals surface area contributed by atoms with Crippen LogP contribution < -0.4 is 10.5 Å². The van der Waals surface area contributed by atoms with Gasteiger partial charge < -0.3 is 20.4 Å². The predicted octanol–water partition coefficient (Wildman–Crippen LogP) is 4.45. The van der Waals surface area contributed by atoms with Crippen LogP contribution in [0.25, 0.3) is 22.5 Å². The van der Waals surface area contributed by atoms with Crippen LogP contribution >= 0.6 is 0 Å². The number of nitrogens with two attached hydrogens (primary N) is 1. The van der Waals surface area contributed by atoms with E-state index >= 15 is 0 Å². The van der Waals surface area contributed by atoms with Crippen LogP contribution in [0.1, 0.15) is 15.9 Å². The fraction of sp³-hybridized carbons (Fsp3) is 0.227. The zero-order valence-corrected chi connectivity index (χ0v) is 16.6. The summed E-state index contributed by atoms with van der Waals surface area (Å²) in [5.41, 5.74) is 9.48. The van der Waals surface area contributed by atoms with Crippen LogP contribution in [0.2, 0.25) is 0 Å². The molecule has 0 radical (unpaired) electrons. The third-order valence-electron chi connectivity index (χ3n) is 4.60. The molecule has 1 aromatic heterocycles. The van der Waals surface area contributed by atoms with Crippen molar-refractivity contribution in [2.75, 3.05) is 20.6 Å². The Labute approximate surface area is 172 Å². The number of rotatable bonds is 7. The zero-order chi connectivity index (χ0) is 21.9. The maximum absolute atomic E-state index is 12.5. The quantitative estimate of drug-likeness (QED) is 0.597. The minimum absolute atomic E-state index is 0.314. The smallest absolute Gasteiger partial charge is 0.406 e. The van der Waals surface area contributed by atoms with Gasteiger partial charge in [0.2, 0.25) is 0 Å². The van der Waals surface area contributed by atoms with Crippen molar-refractivity contribution in [1.82, 2.24) is 9.88 Å². The fourth-order valence-electron chi connectivity index (χ4n) is 3.29. The van der Waals surface area contributed by atoms with Crippen molar-refractivity contribution < 1.29 is 22.7 Å². The van der Waals surface area contributed by atoms with Crippen LogP contribution in [0.15, 0.2) is 54.6 Å². The first-order valence-corrected chi connectivity index (χ1v) is 9.26. The molecule has 0 aliphatic carbocycles. The summed E-state index contributed by atoms with van der Waals surface area (Å²) < 4.78 is 41.3. The molecule has 8 heteroatoms. The Balaban J connectivity index is 2.11. The van der Waals surface area contributed by atoms with Crippen molar-refractivity contribution in [3.8, 4) is 28.3 Å². The van der Waals surface area contributed by atoms with Gasteiger partial charge in [0, 0.05) is 12.2 Å². The first-order valence-electron chi connectivity index (χ1n) is 9.26. The molecule has 3 aromatic rings. The number of aromatic amines is 1. The standard InChI is InChI=1S/C22H22F3N3O2/c1-28(2)13-12-17-18(21(26)29)20(14-6-4-3-5-7-14)27-19(17)15-8-10-16(11-9-15)30-22(23,24)25/h3-11,27H,12-13H2,1-2H3,(H2,26,29). The molecule has 0 unspecified atom stereocenters. The van der Waals surface area contributed by atoms with Crippen LogP contribution in [0.3, 0.4) is 0 Å². The van der Waals surface area contributed by atoms with E-state index in [4.69, 9.17) is 5.73 Å². The van der Waals surface area contributed by atoms with Gasteiger partial charge in [-0.2, -0.15) is 0 Å². The number of hydrogen-bond donors (Lipinski definition) is 2. The maximum atomic E-state index is 12.5. The first kappa shape index (κ1) is 21.4. The molecule has 0 fully saturated rings. The van der Waals surface area contributed by atoms with Gasteiger partial charge in [-0.05, 0) is 61.5 Å². The molecular formula is C22H22F3N3O2. The number of nitrogens with one attached hydrogen (secondary N) is 1. The Morgan fingerprint density at radius 2 is 1.60 bits per heavy atom. The summed E-state index contributed by atoms with van der Waals surface area (Å²) in [6.45, 7) is 0.661. The summed E-state index contributed by atoms with van der Waals surface area (Å²) in [4.78, 5) is 17.6. The summed E-state index contributed by atoms with van der Waals surface area (Å²) >= 11 is 0. The van der Waals surface area contributed by atoms with E-state index in [1.165, 1.54) is 24.3 Å². The van der Waals surface area contributed by atoms with E-state index in [0.717, 1.165) is 11.1 Å². The number of aromatic nitrogens is 1. The second-order valence-electron chi connectivity index (χ2n) is 7.08. The first-order chi connectivity index (χ1) is 14.2. The second-order valence-corrected chi connectivity index (χ2v) is 7.08. The molecule has 5 nitrogen and oxygen atoms in total. The fourth-order valence-corrected chi connectivity index (χ4v) is 3.29. The number of alkyl halides is 3. The molecule has 0 spiro atoms. The molecule has 0 aliphatic rings. The molecule has 0 aliphatic heterocycles. The molecule has 2 aromatic carbocycles. The topological polar surface area (TPSA) is 71.3 Å². The van der Waals surface area contributed by atoms with Gasteiger partial charge in [0.15, 0.2) is 0 Å². The third-order valence-corrected chi connectivity index (χ3v) is 4.60. The average Bonchev–Trinajstić information content (AvgIpc) is 3.06. The van der Waals surface area contributed by atoms with E-state index in [1.807, 2.05) is 49.3 Å². The molecule has 0 atom stereocenters. The van der Waals surface area contributed by atoms with E-state index < -0.39 is 12.3 Å². The van der Waals surface area contributed by atoms with Gasteiger partial charge >= 0.3 is 6.36 Å². The lowest BCUT2D eigenvalue weighted by Crippen LogP contribution is -2.19. The zero-order valence-electron chi connectivity index (χ0n) is 16.6. The highest BCUT2D eigenvalue weighted by atomic mass is 19.4. The van der Waals surface area contributed by atoms with E-state index in [9.17, 15) is 18.0 Å². The normalized spacial score (nSPS) is 11.7. The van der Waals surface area contributed by atoms with Crippen LogP contribution in [0.4, 0.5) is 13.2 Å². The number of carbonyl (C=O) groups excluding carboxylic acids is 1. The SMILES string of the molecule is CN(C)CCc1c(-c2ccc(OC(F)(F)F)cc2)[nH]c(-c2ccccc2)c1C(N)=O. The van der Waals surface area contributed by atoms with Gasteiger partial charge in [-0.15, -0.1) is 13.2 Å². The molecular weight excluding hydrogens is 395 g/mol. The van der Waals surface area contributed by atoms with Crippen molar-refractivity contribution in [3.05, 3.63) is 65.7 Å². The monoisotopic (exact) mass is 417 g/mol. The Morgan fingerprint density at radius 1 is 1.00 bits per heavy atom. The highest BCUT2D eigenvalue weighted by Crippen LogP contribution is 2.35. The van der Waals surface area contributed by atoms with Crippen molar-refractivity contribution in [2.45, 2.75) is 12.8 Å². The van der Waals surface area contributed by atoms with Crippen molar-refractivity contribution in [2.24, 2.45) is 5.73 Å². The van der Waals surface area contributed by atoms with Crippen LogP contribution in [-0.4, -0.2) is 42.8 Å². The molecule has 0 saturated carbocycles. The summed E-state index contributed by atoms with van der Waals surface area (Å²) in [6.07, 6.45) is -4.23. The summed E-state index contributed by atoms with van der Waals surface area (Å²) in [5.74, 6) is -0.881. The highest BCUT2D eigenvalue weighted by molar-refractivity contribution is 6.03. The maximum Gasteiger partial charge on any atom is 0.573 e. The van der Waals surface area contributed by atoms with Gasteiger partial charge in [-0.1, -0.05) is 30.3 Å². The number of H-pyrrole nitrogens is 1. The molecule has 1 amide bonds. The number of benzene rings is 2. The third kappa shape index (κ3) is 5.01. The van der Waals surface area contributed by atoms with Crippen LogP contribution in [0.5, 0.6) is 5.75 Å². The van der Waals surface area contributed by atoms with E-state index in [-0.39, 0.29) is 5.75 Å².